The Morgan fingerprint density at radius 2 is 1.73 bits per heavy atom. The van der Waals surface area contributed by atoms with Crippen molar-refractivity contribution >= 4 is 33.4 Å². The minimum Gasteiger partial charge on any atom is -0.341 e. The molecule has 1 saturated carbocycles. The molecule has 0 aromatic carbocycles. The van der Waals surface area contributed by atoms with Gasteiger partial charge in [0.25, 0.3) is 5.91 Å². The summed E-state index contributed by atoms with van der Waals surface area (Å²) in [5.74, 6) is 1.57. The van der Waals surface area contributed by atoms with E-state index in [0.717, 1.165) is 45.1 Å². The van der Waals surface area contributed by atoms with E-state index >= 15 is 0 Å². The van der Waals surface area contributed by atoms with Crippen molar-refractivity contribution in [1.82, 2.24) is 19.8 Å². The van der Waals surface area contributed by atoms with Gasteiger partial charge < -0.3 is 9.80 Å². The van der Waals surface area contributed by atoms with Crippen molar-refractivity contribution in [3.8, 4) is 0 Å². The number of thiophene rings is 1. The van der Waals surface area contributed by atoms with Crippen LogP contribution >= 0.6 is 11.3 Å². The van der Waals surface area contributed by atoms with E-state index in [4.69, 9.17) is 4.98 Å². The zero-order chi connectivity index (χ0) is 18.4. The number of aromatic nitrogens is 2. The fourth-order valence-electron chi connectivity index (χ4n) is 3.67. The maximum atomic E-state index is 13.1. The van der Waals surface area contributed by atoms with Crippen molar-refractivity contribution in [2.45, 2.75) is 46.0 Å². The Morgan fingerprint density at radius 3 is 2.42 bits per heavy atom. The van der Waals surface area contributed by atoms with Crippen LogP contribution in [0.4, 0.5) is 0 Å². The molecule has 26 heavy (non-hydrogen) atoms. The van der Waals surface area contributed by atoms with Gasteiger partial charge in [-0.3, -0.25) is 9.59 Å². The first-order valence-electron chi connectivity index (χ1n) is 9.28. The smallest absolute Gasteiger partial charge is 0.264 e. The summed E-state index contributed by atoms with van der Waals surface area (Å²) in [6.07, 6.45) is 3.16. The first-order valence-corrected chi connectivity index (χ1v) is 10.1. The lowest BCUT2D eigenvalue weighted by molar-refractivity contribution is -0.128. The topological polar surface area (TPSA) is 66.4 Å². The number of hydrogen-bond acceptors (Lipinski definition) is 5. The summed E-state index contributed by atoms with van der Waals surface area (Å²) < 4.78 is 0. The molecule has 2 aromatic heterocycles. The molecule has 1 saturated heterocycles. The third kappa shape index (κ3) is 3.09. The molecule has 4 rings (SSSR count). The number of aryl methyl sites for hydroxylation is 2. The SMILES string of the molecule is CC(=O)N1CCCN(C(=O)c2sc3nc(C4CC4)nc(C)c3c2C)CC1. The van der Waals surface area contributed by atoms with E-state index in [1.54, 1.807) is 6.92 Å². The summed E-state index contributed by atoms with van der Waals surface area (Å²) in [4.78, 5) is 39.6. The van der Waals surface area contributed by atoms with Gasteiger partial charge in [0.15, 0.2) is 0 Å². The molecule has 138 valence electrons. The highest BCUT2D eigenvalue weighted by molar-refractivity contribution is 7.20. The van der Waals surface area contributed by atoms with E-state index < -0.39 is 0 Å². The van der Waals surface area contributed by atoms with Crippen LogP contribution in [-0.2, 0) is 4.79 Å². The first-order chi connectivity index (χ1) is 12.5. The van der Waals surface area contributed by atoms with Crippen molar-refractivity contribution in [2.75, 3.05) is 26.2 Å². The summed E-state index contributed by atoms with van der Waals surface area (Å²) in [6.45, 7) is 8.21. The van der Waals surface area contributed by atoms with Crippen LogP contribution in [0.1, 0.15) is 58.9 Å². The van der Waals surface area contributed by atoms with Gasteiger partial charge in [0.1, 0.15) is 10.7 Å². The van der Waals surface area contributed by atoms with Gasteiger partial charge in [0.2, 0.25) is 5.91 Å². The number of fused-ring (bicyclic) bond motifs is 1. The summed E-state index contributed by atoms with van der Waals surface area (Å²) in [7, 11) is 0. The van der Waals surface area contributed by atoms with Gasteiger partial charge in [-0.15, -0.1) is 11.3 Å². The Labute approximate surface area is 157 Å². The zero-order valence-electron chi connectivity index (χ0n) is 15.5. The lowest BCUT2D eigenvalue weighted by atomic mass is 10.1. The number of amides is 2. The number of carbonyl (C=O) groups excluding carboxylic acids is 2. The van der Waals surface area contributed by atoms with Gasteiger partial charge in [0, 0.05) is 44.4 Å². The Morgan fingerprint density at radius 1 is 1.04 bits per heavy atom. The second-order valence-corrected chi connectivity index (χ2v) is 8.33. The third-order valence-electron chi connectivity index (χ3n) is 5.35. The predicted octanol–water partition coefficient (Wildman–Crippen LogP) is 2.88. The lowest BCUT2D eigenvalue weighted by Gasteiger charge is -2.21. The second kappa shape index (κ2) is 6.61. The Kier molecular flexibility index (Phi) is 4.42. The van der Waals surface area contributed by atoms with Crippen molar-refractivity contribution in [3.05, 3.63) is 22.0 Å². The van der Waals surface area contributed by atoms with E-state index in [1.165, 1.54) is 24.2 Å². The highest BCUT2D eigenvalue weighted by atomic mass is 32.1. The van der Waals surface area contributed by atoms with Crippen LogP contribution in [0.2, 0.25) is 0 Å². The van der Waals surface area contributed by atoms with Gasteiger partial charge >= 0.3 is 0 Å². The highest BCUT2D eigenvalue weighted by Crippen LogP contribution is 2.40. The molecule has 1 aliphatic heterocycles. The minimum atomic E-state index is 0.0586. The number of carbonyl (C=O) groups is 2. The molecule has 7 heteroatoms. The summed E-state index contributed by atoms with van der Waals surface area (Å²) in [6, 6.07) is 0. The number of rotatable bonds is 2. The molecule has 3 heterocycles. The Bertz CT molecular complexity index is 887. The molecule has 6 nitrogen and oxygen atoms in total. The average Bonchev–Trinajstić information content (AvgIpc) is 3.41. The maximum absolute atomic E-state index is 13.1. The molecule has 0 atom stereocenters. The van der Waals surface area contributed by atoms with Crippen LogP contribution in [0.25, 0.3) is 10.2 Å². The van der Waals surface area contributed by atoms with E-state index in [1.807, 2.05) is 23.6 Å². The molecule has 2 aromatic rings. The highest BCUT2D eigenvalue weighted by Gasteiger charge is 2.29. The second-order valence-electron chi connectivity index (χ2n) is 7.33. The molecule has 2 fully saturated rings. The largest absolute Gasteiger partial charge is 0.341 e. The van der Waals surface area contributed by atoms with Crippen molar-refractivity contribution < 1.29 is 9.59 Å². The molecule has 0 radical (unpaired) electrons. The van der Waals surface area contributed by atoms with Crippen LogP contribution in [0, 0.1) is 13.8 Å². The molecule has 0 N–H and O–H groups in total. The van der Waals surface area contributed by atoms with Gasteiger partial charge in [0.05, 0.1) is 10.6 Å². The zero-order valence-corrected chi connectivity index (χ0v) is 16.4. The Balaban J connectivity index is 1.63. The maximum Gasteiger partial charge on any atom is 0.264 e. The summed E-state index contributed by atoms with van der Waals surface area (Å²) >= 11 is 1.49. The molecule has 0 bridgehead atoms. The van der Waals surface area contributed by atoms with Gasteiger partial charge in [-0.2, -0.15) is 0 Å². The molecule has 2 amide bonds. The van der Waals surface area contributed by atoms with Crippen molar-refractivity contribution in [1.29, 1.82) is 0 Å². The molecule has 2 aliphatic rings. The Hall–Kier alpha value is -2.02. The number of nitrogens with zero attached hydrogens (tertiary/aromatic N) is 4. The van der Waals surface area contributed by atoms with Crippen LogP contribution in [0.5, 0.6) is 0 Å². The first kappa shape index (κ1) is 17.4. The average molecular weight is 372 g/mol. The third-order valence-corrected chi connectivity index (χ3v) is 6.53. The van der Waals surface area contributed by atoms with Crippen molar-refractivity contribution in [3.63, 3.8) is 0 Å². The van der Waals surface area contributed by atoms with E-state index in [9.17, 15) is 9.59 Å². The summed E-state index contributed by atoms with van der Waals surface area (Å²) in [5.41, 5.74) is 1.96. The van der Waals surface area contributed by atoms with E-state index in [0.29, 0.717) is 25.6 Å². The molecule has 0 spiro atoms. The quantitative estimate of drug-likeness (QED) is 0.813. The van der Waals surface area contributed by atoms with Gasteiger partial charge in [-0.1, -0.05) is 0 Å². The van der Waals surface area contributed by atoms with E-state index in [-0.39, 0.29) is 11.8 Å². The van der Waals surface area contributed by atoms with Gasteiger partial charge in [-0.05, 0) is 38.7 Å². The van der Waals surface area contributed by atoms with Crippen LogP contribution in [-0.4, -0.2) is 57.8 Å². The molecule has 1 aliphatic carbocycles. The molecular weight excluding hydrogens is 348 g/mol. The van der Waals surface area contributed by atoms with Gasteiger partial charge in [-0.25, -0.2) is 9.97 Å². The van der Waals surface area contributed by atoms with E-state index in [2.05, 4.69) is 4.98 Å². The normalized spacial score (nSPS) is 18.3. The number of hydrogen-bond donors (Lipinski definition) is 0. The van der Waals surface area contributed by atoms with Crippen LogP contribution in [0.15, 0.2) is 0 Å². The van der Waals surface area contributed by atoms with Crippen LogP contribution < -0.4 is 0 Å². The molecule has 0 unspecified atom stereocenters. The monoisotopic (exact) mass is 372 g/mol. The standard InChI is InChI=1S/C19H24N4O2S/c1-11-15-12(2)20-17(14-5-6-14)21-18(15)26-16(11)19(25)23-8-4-7-22(9-10-23)13(3)24/h14H,4-10H2,1-3H3. The van der Waals surface area contributed by atoms with Crippen LogP contribution in [0.3, 0.4) is 0 Å². The minimum absolute atomic E-state index is 0.0586. The lowest BCUT2D eigenvalue weighted by Crippen LogP contribution is -2.36. The molecular formula is C19H24N4O2S. The summed E-state index contributed by atoms with van der Waals surface area (Å²) in [5, 5.41) is 1.03. The van der Waals surface area contributed by atoms with Crippen molar-refractivity contribution in [2.24, 2.45) is 0 Å². The fourth-order valence-corrected chi connectivity index (χ4v) is 4.87. The fraction of sp³-hybridized carbons (Fsp3) is 0.579. The predicted molar refractivity (Wildman–Crippen MR) is 102 cm³/mol.